The largest absolute Gasteiger partial charge is 0.478 e. The monoisotopic (exact) mass is 673 g/mol. The molecule has 1 heterocycles. The second-order valence-electron chi connectivity index (χ2n) is 15.3. The number of carbonyl (C=O) groups is 2. The Hall–Kier alpha value is -3.63. The minimum atomic E-state index is -0.957. The molecule has 2 aliphatic carbocycles. The number of benzene rings is 2. The zero-order valence-corrected chi connectivity index (χ0v) is 30.2. The molecule has 258 valence electrons. The van der Waals surface area contributed by atoms with Crippen molar-refractivity contribution in [2.45, 2.75) is 122 Å². The molecule has 10 heteroatoms. The molecule has 1 aromatic heterocycles. The van der Waals surface area contributed by atoms with Crippen LogP contribution >= 0.6 is 11.9 Å². The number of alkyl carbamates (subject to hydrolysis) is 1. The standard InChI is InChI=1S/C38H51N5O4S/c1-23(2)16-27(39-29-19-38(20-29)21-30(22-38)41-36(46)47-37(5,6)7)14-15-28-18-32(33-24(3)10-8-11-25(33)4)42-35(40-28)43-48-31-13-9-12-26(17-31)34(44)45/h8-13,17-18,23,27,29-30,39H,14-16,19-22H2,1-7H3,(H,41,46)(H,44,45)(H,40,42,43). The summed E-state index contributed by atoms with van der Waals surface area (Å²) in [6.45, 7) is 14.4. The van der Waals surface area contributed by atoms with Crippen molar-refractivity contribution in [3.05, 3.63) is 70.9 Å². The molecule has 0 radical (unpaired) electrons. The average molecular weight is 674 g/mol. The van der Waals surface area contributed by atoms with Gasteiger partial charge in [0.25, 0.3) is 0 Å². The summed E-state index contributed by atoms with van der Waals surface area (Å²) < 4.78 is 8.73. The van der Waals surface area contributed by atoms with E-state index in [0.29, 0.717) is 29.4 Å². The highest BCUT2D eigenvalue weighted by Gasteiger charge is 2.53. The van der Waals surface area contributed by atoms with Crippen molar-refractivity contribution in [3.63, 3.8) is 0 Å². The van der Waals surface area contributed by atoms with Crippen molar-refractivity contribution >= 4 is 30.0 Å². The quantitative estimate of drug-likeness (QED) is 0.133. The first kappa shape index (κ1) is 35.7. The average Bonchev–Trinajstić information content (AvgIpc) is 2.95. The SMILES string of the molecule is Cc1cccc(C)c1-c1cc(CCC(CC(C)C)NC2CC3(CC(NC(=O)OC(C)(C)C)C3)C2)nc(NSc2cccc(C(=O)O)c2)n1. The summed E-state index contributed by atoms with van der Waals surface area (Å²) in [6, 6.07) is 16.3. The first-order chi connectivity index (χ1) is 22.7. The number of hydrogen-bond acceptors (Lipinski definition) is 8. The highest BCUT2D eigenvalue weighted by Crippen LogP contribution is 2.56. The number of aryl methyl sites for hydroxylation is 3. The number of aromatic carboxylic acids is 1. The minimum absolute atomic E-state index is 0.207. The van der Waals surface area contributed by atoms with Crippen molar-refractivity contribution in [2.75, 3.05) is 4.72 Å². The van der Waals surface area contributed by atoms with Gasteiger partial charge in [0.2, 0.25) is 5.95 Å². The summed E-state index contributed by atoms with van der Waals surface area (Å²) >= 11 is 1.31. The Morgan fingerprint density at radius 2 is 1.67 bits per heavy atom. The van der Waals surface area contributed by atoms with Crippen LogP contribution in [0.25, 0.3) is 11.3 Å². The van der Waals surface area contributed by atoms with E-state index in [1.165, 1.54) is 11.9 Å². The Labute approximate surface area is 289 Å². The number of rotatable bonds is 13. The van der Waals surface area contributed by atoms with Crippen LogP contribution in [0.2, 0.25) is 0 Å². The van der Waals surface area contributed by atoms with E-state index in [-0.39, 0.29) is 17.7 Å². The number of aromatic nitrogens is 2. The van der Waals surface area contributed by atoms with Crippen LogP contribution in [0.1, 0.15) is 100 Å². The van der Waals surface area contributed by atoms with Crippen molar-refractivity contribution in [3.8, 4) is 11.3 Å². The van der Waals surface area contributed by atoms with Gasteiger partial charge in [0, 0.05) is 34.3 Å². The van der Waals surface area contributed by atoms with Crippen LogP contribution in [-0.2, 0) is 11.2 Å². The summed E-state index contributed by atoms with van der Waals surface area (Å²) in [5, 5.41) is 16.4. The van der Waals surface area contributed by atoms with Crippen molar-refractivity contribution in [1.82, 2.24) is 20.6 Å². The summed E-state index contributed by atoms with van der Waals surface area (Å²) in [5.41, 5.74) is 5.38. The van der Waals surface area contributed by atoms with Crippen molar-refractivity contribution in [1.29, 1.82) is 0 Å². The van der Waals surface area contributed by atoms with E-state index in [0.717, 1.165) is 77.9 Å². The Bertz CT molecular complexity index is 1590. The molecule has 9 nitrogen and oxygen atoms in total. The van der Waals surface area contributed by atoms with Crippen LogP contribution in [0.3, 0.4) is 0 Å². The number of amides is 1. The maximum Gasteiger partial charge on any atom is 0.407 e. The number of anilines is 1. The van der Waals surface area contributed by atoms with Gasteiger partial charge in [-0.1, -0.05) is 38.1 Å². The molecule has 4 N–H and O–H groups in total. The number of ether oxygens (including phenoxy) is 1. The van der Waals surface area contributed by atoms with Crippen LogP contribution in [-0.4, -0.2) is 50.9 Å². The fourth-order valence-corrected chi connectivity index (χ4v) is 7.94. The molecule has 2 fully saturated rings. The highest BCUT2D eigenvalue weighted by atomic mass is 32.2. The molecule has 1 atom stereocenters. The van der Waals surface area contributed by atoms with E-state index < -0.39 is 11.6 Å². The summed E-state index contributed by atoms with van der Waals surface area (Å²) in [6.07, 6.45) is 6.87. The Kier molecular flexibility index (Phi) is 11.0. The van der Waals surface area contributed by atoms with E-state index in [1.807, 2.05) is 26.8 Å². The van der Waals surface area contributed by atoms with Crippen LogP contribution in [0.5, 0.6) is 0 Å². The molecule has 1 spiro atoms. The van der Waals surface area contributed by atoms with E-state index in [2.05, 4.69) is 67.3 Å². The van der Waals surface area contributed by atoms with Gasteiger partial charge in [-0.05, 0) is 138 Å². The fraction of sp³-hybridized carbons (Fsp3) is 0.526. The zero-order chi connectivity index (χ0) is 34.6. The maximum absolute atomic E-state index is 12.2. The van der Waals surface area contributed by atoms with E-state index in [9.17, 15) is 14.7 Å². The minimum Gasteiger partial charge on any atom is -0.478 e. The first-order valence-electron chi connectivity index (χ1n) is 17.1. The second kappa shape index (κ2) is 14.9. The smallest absolute Gasteiger partial charge is 0.407 e. The van der Waals surface area contributed by atoms with Gasteiger partial charge < -0.3 is 20.5 Å². The Morgan fingerprint density at radius 1 is 1.00 bits per heavy atom. The number of carboxylic acid groups (broad SMARTS) is 1. The fourth-order valence-electron chi connectivity index (χ4n) is 7.31. The third-order valence-electron chi connectivity index (χ3n) is 9.27. The lowest BCUT2D eigenvalue weighted by Gasteiger charge is -2.58. The lowest BCUT2D eigenvalue weighted by Crippen LogP contribution is -2.61. The van der Waals surface area contributed by atoms with Crippen LogP contribution in [0, 0.1) is 25.2 Å². The molecule has 0 saturated heterocycles. The molecule has 48 heavy (non-hydrogen) atoms. The van der Waals surface area contributed by atoms with E-state index in [4.69, 9.17) is 14.7 Å². The topological polar surface area (TPSA) is 125 Å². The van der Waals surface area contributed by atoms with Crippen molar-refractivity contribution in [2.24, 2.45) is 11.3 Å². The number of hydrogen-bond donors (Lipinski definition) is 4. The third-order valence-corrected chi connectivity index (χ3v) is 10.0. The van der Waals surface area contributed by atoms with E-state index >= 15 is 0 Å². The van der Waals surface area contributed by atoms with Gasteiger partial charge in [0.1, 0.15) is 5.60 Å². The van der Waals surface area contributed by atoms with Gasteiger partial charge in [-0.3, -0.25) is 4.72 Å². The molecule has 0 aliphatic heterocycles. The summed E-state index contributed by atoms with van der Waals surface area (Å²) in [4.78, 5) is 34.3. The van der Waals surface area contributed by atoms with Crippen LogP contribution < -0.4 is 15.4 Å². The van der Waals surface area contributed by atoms with Gasteiger partial charge in [0.15, 0.2) is 0 Å². The Balaban J connectivity index is 1.23. The predicted molar refractivity (Wildman–Crippen MR) is 192 cm³/mol. The molecular weight excluding hydrogens is 623 g/mol. The third kappa shape index (κ3) is 9.50. The van der Waals surface area contributed by atoms with E-state index in [1.54, 1.807) is 18.2 Å². The maximum atomic E-state index is 12.2. The van der Waals surface area contributed by atoms with Crippen molar-refractivity contribution < 1.29 is 19.4 Å². The highest BCUT2D eigenvalue weighted by molar-refractivity contribution is 8.00. The number of nitrogens with one attached hydrogen (secondary N) is 3. The lowest BCUT2D eigenvalue weighted by molar-refractivity contribution is -0.0364. The number of carboxylic acids is 1. The molecule has 1 amide bonds. The molecule has 0 bridgehead atoms. The first-order valence-corrected chi connectivity index (χ1v) is 17.9. The van der Waals surface area contributed by atoms with Gasteiger partial charge in [-0.15, -0.1) is 0 Å². The second-order valence-corrected chi connectivity index (χ2v) is 16.1. The Morgan fingerprint density at radius 3 is 2.31 bits per heavy atom. The zero-order valence-electron chi connectivity index (χ0n) is 29.4. The summed E-state index contributed by atoms with van der Waals surface area (Å²) in [5.74, 6) is 0.111. The van der Waals surface area contributed by atoms with Gasteiger partial charge in [-0.2, -0.15) is 0 Å². The summed E-state index contributed by atoms with van der Waals surface area (Å²) in [7, 11) is 0. The molecule has 2 aromatic carbocycles. The van der Waals surface area contributed by atoms with Gasteiger partial charge >= 0.3 is 12.1 Å². The molecule has 3 aromatic rings. The molecule has 2 saturated carbocycles. The molecule has 5 rings (SSSR count). The number of nitrogens with zero attached hydrogens (tertiary/aromatic N) is 2. The number of carbonyl (C=O) groups excluding carboxylic acids is 1. The predicted octanol–water partition coefficient (Wildman–Crippen LogP) is 8.35. The van der Waals surface area contributed by atoms with Crippen LogP contribution in [0.4, 0.5) is 10.7 Å². The van der Waals surface area contributed by atoms with Gasteiger partial charge in [-0.25, -0.2) is 19.6 Å². The molecule has 2 aliphatic rings. The lowest BCUT2D eigenvalue weighted by atomic mass is 9.52. The van der Waals surface area contributed by atoms with Crippen LogP contribution in [0.15, 0.2) is 53.4 Å². The van der Waals surface area contributed by atoms with Gasteiger partial charge in [0.05, 0.1) is 11.3 Å². The molecular formula is C38H51N5O4S. The molecule has 1 unspecified atom stereocenters. The normalized spacial score (nSPS) is 20.9.